The Morgan fingerprint density at radius 1 is 1.48 bits per heavy atom. The van der Waals surface area contributed by atoms with Gasteiger partial charge in [-0.25, -0.2) is 17.9 Å². The van der Waals surface area contributed by atoms with Gasteiger partial charge in [0.15, 0.2) is 5.82 Å². The number of hydrogen-bond acceptors (Lipinski definition) is 4. The summed E-state index contributed by atoms with van der Waals surface area (Å²) in [5.41, 5.74) is -0.412. The lowest BCUT2D eigenvalue weighted by molar-refractivity contribution is 0.102. The number of anilines is 1. The van der Waals surface area contributed by atoms with Crippen LogP contribution < -0.4 is 10.5 Å². The number of amides is 1. The van der Waals surface area contributed by atoms with Crippen molar-refractivity contribution in [2.24, 2.45) is 12.2 Å². The molecule has 1 amide bonds. The van der Waals surface area contributed by atoms with E-state index in [1.54, 1.807) is 0 Å². The number of nitrogens with one attached hydrogen (secondary N) is 1. The number of nitrogens with two attached hydrogens (primary N) is 1. The third kappa shape index (κ3) is 3.20. The van der Waals surface area contributed by atoms with Gasteiger partial charge in [0.25, 0.3) is 5.91 Å². The molecular weight excluding hydrogens is 323 g/mol. The number of benzene rings is 1. The topological polar surface area (TPSA) is 107 Å². The number of sulfonamides is 1. The van der Waals surface area contributed by atoms with Crippen LogP contribution in [0.15, 0.2) is 29.3 Å². The fourth-order valence-electron chi connectivity index (χ4n) is 1.65. The minimum absolute atomic E-state index is 0.111. The summed E-state index contributed by atoms with van der Waals surface area (Å²) < 4.78 is 37.6. The molecule has 0 aliphatic carbocycles. The molecule has 0 atom stereocenters. The molecular formula is C11H10ClFN4O3S. The van der Waals surface area contributed by atoms with Gasteiger partial charge in [-0.1, -0.05) is 17.7 Å². The highest BCUT2D eigenvalue weighted by atomic mass is 35.5. The first kappa shape index (κ1) is 15.4. The van der Waals surface area contributed by atoms with Gasteiger partial charge in [0, 0.05) is 13.2 Å². The van der Waals surface area contributed by atoms with E-state index in [0.717, 1.165) is 16.9 Å². The first-order valence-corrected chi connectivity index (χ1v) is 7.44. The molecule has 0 unspecified atom stereocenters. The summed E-state index contributed by atoms with van der Waals surface area (Å²) in [6.45, 7) is 0. The van der Waals surface area contributed by atoms with Crippen molar-refractivity contribution in [2.75, 3.05) is 5.32 Å². The highest BCUT2D eigenvalue weighted by molar-refractivity contribution is 7.89. The van der Waals surface area contributed by atoms with Crippen LogP contribution in [0.3, 0.4) is 0 Å². The average Bonchev–Trinajstić information content (AvgIpc) is 2.69. The molecule has 1 aromatic carbocycles. The Kier molecular flexibility index (Phi) is 3.99. The van der Waals surface area contributed by atoms with Crippen molar-refractivity contribution in [3.05, 3.63) is 40.8 Å². The fraction of sp³-hybridized carbons (Fsp3) is 0.0909. The summed E-state index contributed by atoms with van der Waals surface area (Å²) >= 11 is 5.76. The number of hydrogen-bond donors (Lipinski definition) is 2. The molecule has 0 aliphatic rings. The number of nitrogens with zero attached hydrogens (tertiary/aromatic N) is 2. The third-order valence-electron chi connectivity index (χ3n) is 2.52. The predicted octanol–water partition coefficient (Wildman–Crippen LogP) is 1.11. The molecule has 0 fully saturated rings. The number of carbonyl (C=O) groups is 1. The lowest BCUT2D eigenvalue weighted by Gasteiger charge is -2.06. The van der Waals surface area contributed by atoms with E-state index in [9.17, 15) is 17.6 Å². The molecule has 1 heterocycles. The lowest BCUT2D eigenvalue weighted by atomic mass is 10.2. The average molecular weight is 333 g/mol. The molecule has 0 bridgehead atoms. The molecule has 3 N–H and O–H groups in total. The fourth-order valence-corrected chi connectivity index (χ4v) is 2.56. The largest absolute Gasteiger partial charge is 0.304 e. The minimum atomic E-state index is -4.09. The van der Waals surface area contributed by atoms with Crippen LogP contribution in [0.2, 0.25) is 5.02 Å². The Balaban J connectivity index is 2.42. The molecule has 0 spiro atoms. The van der Waals surface area contributed by atoms with E-state index >= 15 is 0 Å². The van der Waals surface area contributed by atoms with Crippen molar-refractivity contribution < 1.29 is 17.6 Å². The molecule has 2 aromatic rings. The van der Waals surface area contributed by atoms with E-state index in [1.165, 1.54) is 19.2 Å². The van der Waals surface area contributed by atoms with Crippen molar-refractivity contribution in [1.29, 1.82) is 0 Å². The number of rotatable bonds is 3. The SMILES string of the molecule is Cn1cc(S(N)(=O)=O)c(NC(=O)c2c(F)cccc2Cl)n1. The zero-order valence-corrected chi connectivity index (χ0v) is 12.2. The van der Waals surface area contributed by atoms with Gasteiger partial charge in [-0.05, 0) is 12.1 Å². The summed E-state index contributed by atoms with van der Waals surface area (Å²) in [5.74, 6) is -2.07. The maximum atomic E-state index is 13.6. The molecule has 0 aliphatic heterocycles. The van der Waals surface area contributed by atoms with Crippen molar-refractivity contribution in [1.82, 2.24) is 9.78 Å². The van der Waals surface area contributed by atoms with E-state index in [0.29, 0.717) is 0 Å². The molecule has 0 saturated carbocycles. The van der Waals surface area contributed by atoms with E-state index in [4.69, 9.17) is 16.7 Å². The molecule has 0 saturated heterocycles. The number of primary sulfonamides is 1. The number of carbonyl (C=O) groups excluding carboxylic acids is 1. The number of halogens is 2. The van der Waals surface area contributed by atoms with Crippen molar-refractivity contribution in [2.45, 2.75) is 4.90 Å². The Morgan fingerprint density at radius 2 is 2.14 bits per heavy atom. The van der Waals surface area contributed by atoms with E-state index in [-0.39, 0.29) is 15.7 Å². The Morgan fingerprint density at radius 3 is 2.71 bits per heavy atom. The zero-order valence-electron chi connectivity index (χ0n) is 10.7. The quantitative estimate of drug-likeness (QED) is 0.877. The lowest BCUT2D eigenvalue weighted by Crippen LogP contribution is -2.19. The van der Waals surface area contributed by atoms with Gasteiger partial charge in [0.05, 0.1) is 10.6 Å². The molecule has 112 valence electrons. The van der Waals surface area contributed by atoms with Crippen LogP contribution in [0, 0.1) is 5.82 Å². The highest BCUT2D eigenvalue weighted by Crippen LogP contribution is 2.22. The molecule has 21 heavy (non-hydrogen) atoms. The van der Waals surface area contributed by atoms with Crippen LogP contribution in [-0.2, 0) is 17.1 Å². The summed E-state index contributed by atoms with van der Waals surface area (Å²) in [5, 5.41) is 10.8. The van der Waals surface area contributed by atoms with Crippen LogP contribution in [0.4, 0.5) is 10.2 Å². The Labute approximate surface area is 124 Å². The molecule has 10 heteroatoms. The van der Waals surface area contributed by atoms with Crippen LogP contribution in [0.1, 0.15) is 10.4 Å². The van der Waals surface area contributed by atoms with Crippen LogP contribution >= 0.6 is 11.6 Å². The monoisotopic (exact) mass is 332 g/mol. The van der Waals surface area contributed by atoms with Gasteiger partial charge >= 0.3 is 0 Å². The number of aryl methyl sites for hydroxylation is 1. The van der Waals surface area contributed by atoms with Crippen molar-refractivity contribution in [3.63, 3.8) is 0 Å². The van der Waals surface area contributed by atoms with Gasteiger partial charge < -0.3 is 5.32 Å². The number of aromatic nitrogens is 2. The Bertz CT molecular complexity index is 799. The molecule has 7 nitrogen and oxygen atoms in total. The maximum Gasteiger partial charge on any atom is 0.261 e. The van der Waals surface area contributed by atoms with Crippen molar-refractivity contribution in [3.8, 4) is 0 Å². The third-order valence-corrected chi connectivity index (χ3v) is 3.75. The first-order chi connectivity index (χ1) is 9.70. The normalized spacial score (nSPS) is 11.4. The van der Waals surface area contributed by atoms with E-state index < -0.39 is 27.3 Å². The Hall–Kier alpha value is -1.97. The second kappa shape index (κ2) is 5.43. The van der Waals surface area contributed by atoms with Gasteiger partial charge in [0.1, 0.15) is 10.7 Å². The second-order valence-electron chi connectivity index (χ2n) is 4.11. The summed E-state index contributed by atoms with van der Waals surface area (Å²) in [6, 6.07) is 3.73. The van der Waals surface area contributed by atoms with Gasteiger partial charge in [-0.15, -0.1) is 0 Å². The predicted molar refractivity (Wildman–Crippen MR) is 73.9 cm³/mol. The van der Waals surface area contributed by atoms with E-state index in [1.807, 2.05) is 0 Å². The van der Waals surface area contributed by atoms with Crippen LogP contribution in [0.25, 0.3) is 0 Å². The summed E-state index contributed by atoms with van der Waals surface area (Å²) in [7, 11) is -2.64. The van der Waals surface area contributed by atoms with Crippen molar-refractivity contribution >= 4 is 33.3 Å². The van der Waals surface area contributed by atoms with Crippen LogP contribution in [0.5, 0.6) is 0 Å². The van der Waals surface area contributed by atoms with Gasteiger partial charge in [-0.3, -0.25) is 9.48 Å². The second-order valence-corrected chi connectivity index (χ2v) is 6.05. The first-order valence-electron chi connectivity index (χ1n) is 5.52. The summed E-state index contributed by atoms with van der Waals surface area (Å²) in [6.07, 6.45) is 1.12. The van der Waals surface area contributed by atoms with Gasteiger partial charge in [-0.2, -0.15) is 5.10 Å². The maximum absolute atomic E-state index is 13.6. The molecule has 0 radical (unpaired) electrons. The van der Waals surface area contributed by atoms with E-state index in [2.05, 4.69) is 10.4 Å². The molecule has 2 rings (SSSR count). The zero-order chi connectivity index (χ0) is 15.8. The minimum Gasteiger partial charge on any atom is -0.304 e. The molecule has 1 aromatic heterocycles. The van der Waals surface area contributed by atoms with Crippen LogP contribution in [-0.4, -0.2) is 24.1 Å². The smallest absolute Gasteiger partial charge is 0.261 e. The highest BCUT2D eigenvalue weighted by Gasteiger charge is 2.22. The standard InChI is InChI=1S/C11H10ClFN4O3S/c1-17-5-8(21(14,19)20)10(16-17)15-11(18)9-6(12)3-2-4-7(9)13/h2-5H,1H3,(H2,14,19,20)(H,15,16,18). The summed E-state index contributed by atoms with van der Waals surface area (Å²) in [4.78, 5) is 11.6. The van der Waals surface area contributed by atoms with Gasteiger partial charge in [0.2, 0.25) is 10.0 Å².